The van der Waals surface area contributed by atoms with Crippen LogP contribution in [0.3, 0.4) is 0 Å². The lowest BCUT2D eigenvalue weighted by atomic mass is 9.98. The molecule has 6 nitrogen and oxygen atoms in total. The number of hydrogen-bond donors (Lipinski definition) is 0. The molecule has 3 aromatic rings. The van der Waals surface area contributed by atoms with Crippen LogP contribution in [0.5, 0.6) is 5.75 Å². The van der Waals surface area contributed by atoms with E-state index in [1.807, 2.05) is 38.2 Å². The number of rotatable bonds is 7. The molecule has 0 saturated carbocycles. The minimum atomic E-state index is -0.0663. The maximum absolute atomic E-state index is 11.5. The smallest absolute Gasteiger partial charge is 0.265 e. The summed E-state index contributed by atoms with van der Waals surface area (Å²) in [5, 5.41) is 1.59. The fourth-order valence-electron chi connectivity index (χ4n) is 4.86. The quantitative estimate of drug-likeness (QED) is 0.280. The molecular weight excluding hydrogens is 557 g/mol. The molecule has 1 unspecified atom stereocenters. The Morgan fingerprint density at radius 2 is 1.67 bits per heavy atom. The molecule has 0 radical (unpaired) electrons. The summed E-state index contributed by atoms with van der Waals surface area (Å²) in [6.07, 6.45) is 3.43. The number of carbonyl (C=O) groups excluding carboxylic acids is 2. The molecule has 206 valence electrons. The second kappa shape index (κ2) is 13.5. The molecule has 1 saturated heterocycles. The largest absolute Gasteiger partial charge is 0.482 e. The molecule has 2 aliphatic heterocycles. The van der Waals surface area contributed by atoms with Crippen LogP contribution in [0.1, 0.15) is 31.4 Å². The predicted octanol–water partition coefficient (Wildman–Crippen LogP) is 6.97. The van der Waals surface area contributed by atoms with Crippen LogP contribution in [-0.4, -0.2) is 62.0 Å². The molecule has 2 aliphatic rings. The number of likely N-dealkylation sites (N-methyl/N-ethyl adjacent to an activating group) is 2. The summed E-state index contributed by atoms with van der Waals surface area (Å²) in [6.45, 7) is 5.68. The number of amides is 2. The van der Waals surface area contributed by atoms with E-state index in [0.717, 1.165) is 42.2 Å². The normalized spacial score (nSPS) is 15.6. The molecule has 1 fully saturated rings. The third kappa shape index (κ3) is 7.25. The lowest BCUT2D eigenvalue weighted by molar-refractivity contribution is -0.121. The fourth-order valence-corrected chi connectivity index (χ4v) is 5.30. The Balaban J connectivity index is 0.000000202. The summed E-state index contributed by atoms with van der Waals surface area (Å²) in [5.41, 5.74) is 4.14. The van der Waals surface area contributed by atoms with Crippen molar-refractivity contribution in [2.45, 2.75) is 25.8 Å². The molecule has 5 rings (SSSR count). The summed E-state index contributed by atoms with van der Waals surface area (Å²) in [7, 11) is 1.86. The summed E-state index contributed by atoms with van der Waals surface area (Å²) in [6, 6.07) is 19.7. The second-order valence-corrected chi connectivity index (χ2v) is 10.8. The number of fused-ring (bicyclic) bond motifs is 1. The predicted molar refractivity (Wildman–Crippen MR) is 159 cm³/mol. The number of benzene rings is 3. The summed E-state index contributed by atoms with van der Waals surface area (Å²) >= 11 is 17.7. The minimum Gasteiger partial charge on any atom is -0.482 e. The Hall–Kier alpha value is -2.77. The zero-order chi connectivity index (χ0) is 27.9. The van der Waals surface area contributed by atoms with E-state index < -0.39 is 0 Å². The van der Waals surface area contributed by atoms with E-state index in [2.05, 4.69) is 29.2 Å². The highest BCUT2D eigenvalue weighted by Gasteiger charge is 2.25. The third-order valence-corrected chi connectivity index (χ3v) is 7.97. The summed E-state index contributed by atoms with van der Waals surface area (Å²) in [4.78, 5) is 28.7. The minimum absolute atomic E-state index is 0.0544. The molecule has 2 amide bonds. The van der Waals surface area contributed by atoms with Crippen molar-refractivity contribution in [3.8, 4) is 16.9 Å². The van der Waals surface area contributed by atoms with Gasteiger partial charge in [-0.3, -0.25) is 9.59 Å². The van der Waals surface area contributed by atoms with Crippen LogP contribution >= 0.6 is 34.8 Å². The zero-order valence-electron chi connectivity index (χ0n) is 22.1. The lowest BCUT2D eigenvalue weighted by Gasteiger charge is -2.29. The molecule has 3 aromatic carbocycles. The van der Waals surface area contributed by atoms with Gasteiger partial charge in [-0.25, -0.2) is 0 Å². The van der Waals surface area contributed by atoms with Crippen molar-refractivity contribution < 1.29 is 14.3 Å². The highest BCUT2D eigenvalue weighted by molar-refractivity contribution is 6.42. The summed E-state index contributed by atoms with van der Waals surface area (Å²) < 4.78 is 5.27. The van der Waals surface area contributed by atoms with Gasteiger partial charge in [0.05, 0.1) is 21.8 Å². The number of nitrogens with zero attached hydrogens (tertiary/aromatic N) is 3. The number of carbonyl (C=O) groups is 2. The van der Waals surface area contributed by atoms with Crippen LogP contribution in [0.2, 0.25) is 15.1 Å². The highest BCUT2D eigenvalue weighted by Crippen LogP contribution is 2.38. The topological polar surface area (TPSA) is 53.1 Å². The molecule has 39 heavy (non-hydrogen) atoms. The lowest BCUT2D eigenvalue weighted by Crippen LogP contribution is -2.38. The molecule has 2 heterocycles. The van der Waals surface area contributed by atoms with E-state index in [1.54, 1.807) is 21.9 Å². The van der Waals surface area contributed by atoms with Gasteiger partial charge in [0, 0.05) is 31.2 Å². The first-order chi connectivity index (χ1) is 18.8. The van der Waals surface area contributed by atoms with Crippen LogP contribution in [0.25, 0.3) is 11.1 Å². The molecule has 0 N–H and O–H groups in total. The Labute approximate surface area is 245 Å². The van der Waals surface area contributed by atoms with Gasteiger partial charge in [0.1, 0.15) is 5.75 Å². The Morgan fingerprint density at radius 3 is 2.33 bits per heavy atom. The van der Waals surface area contributed by atoms with Crippen LogP contribution in [-0.2, 0) is 9.59 Å². The maximum atomic E-state index is 11.5. The van der Waals surface area contributed by atoms with E-state index in [1.165, 1.54) is 18.4 Å². The first kappa shape index (κ1) is 29.2. The Bertz CT molecular complexity index is 1300. The van der Waals surface area contributed by atoms with E-state index in [0.29, 0.717) is 28.0 Å². The number of ether oxygens (including phenoxy) is 1. The molecule has 0 bridgehead atoms. The van der Waals surface area contributed by atoms with Crippen molar-refractivity contribution in [1.29, 1.82) is 0 Å². The van der Waals surface area contributed by atoms with Gasteiger partial charge in [0.2, 0.25) is 6.41 Å². The van der Waals surface area contributed by atoms with Gasteiger partial charge in [-0.1, -0.05) is 65.1 Å². The van der Waals surface area contributed by atoms with Gasteiger partial charge in [0.15, 0.2) is 6.61 Å². The van der Waals surface area contributed by atoms with Crippen molar-refractivity contribution in [3.05, 3.63) is 81.3 Å². The van der Waals surface area contributed by atoms with Crippen LogP contribution in [0, 0.1) is 0 Å². The highest BCUT2D eigenvalue weighted by atomic mass is 35.5. The average molecular weight is 589 g/mol. The van der Waals surface area contributed by atoms with Crippen LogP contribution in [0.15, 0.2) is 60.7 Å². The van der Waals surface area contributed by atoms with Gasteiger partial charge in [-0.05, 0) is 73.8 Å². The Kier molecular flexibility index (Phi) is 10.1. The van der Waals surface area contributed by atoms with Gasteiger partial charge < -0.3 is 19.4 Å². The maximum Gasteiger partial charge on any atom is 0.265 e. The third-order valence-electron chi connectivity index (χ3n) is 7.00. The number of likely N-dealkylation sites (tertiary alicyclic amines) is 1. The van der Waals surface area contributed by atoms with Crippen LogP contribution < -0.4 is 9.64 Å². The van der Waals surface area contributed by atoms with E-state index in [-0.39, 0.29) is 18.6 Å². The fraction of sp³-hybridized carbons (Fsp3) is 0.333. The van der Waals surface area contributed by atoms with E-state index in [4.69, 9.17) is 39.5 Å². The van der Waals surface area contributed by atoms with E-state index >= 15 is 0 Å². The number of hydrogen-bond acceptors (Lipinski definition) is 4. The standard InChI is InChI=1S/C20H23ClN2O.C10H9Cl2NO2/c1-22(15-24)20(14-23-11-2-3-12-23)18-6-4-5-17(13-18)16-7-9-19(21)10-8-16;1-2-13-8-3-6(11)7(12)4-9(8)15-5-10(13)14/h4-10,13,15,20H,2-3,11-12,14H2,1H3;3-4H,2,5H2,1H3. The second-order valence-electron chi connectivity index (χ2n) is 9.59. The molecule has 9 heteroatoms. The van der Waals surface area contributed by atoms with Gasteiger partial charge >= 0.3 is 0 Å². The van der Waals surface area contributed by atoms with Crippen molar-refractivity contribution in [1.82, 2.24) is 9.80 Å². The SMILES string of the molecule is CCN1C(=O)COc2cc(Cl)c(Cl)cc21.CN(C=O)C(CN1CCCC1)c1cccc(-c2ccc(Cl)cc2)c1. The first-order valence-electron chi connectivity index (χ1n) is 13.0. The molecule has 0 aliphatic carbocycles. The molecule has 1 atom stereocenters. The van der Waals surface area contributed by atoms with Crippen molar-refractivity contribution in [3.63, 3.8) is 0 Å². The van der Waals surface area contributed by atoms with E-state index in [9.17, 15) is 9.59 Å². The first-order valence-corrected chi connectivity index (χ1v) is 14.1. The number of halogens is 3. The van der Waals surface area contributed by atoms with Gasteiger partial charge in [-0.15, -0.1) is 0 Å². The number of anilines is 1. The van der Waals surface area contributed by atoms with Crippen molar-refractivity contribution in [2.24, 2.45) is 0 Å². The molecule has 0 spiro atoms. The molecule has 0 aromatic heterocycles. The Morgan fingerprint density at radius 1 is 0.974 bits per heavy atom. The monoisotopic (exact) mass is 587 g/mol. The zero-order valence-corrected chi connectivity index (χ0v) is 24.3. The van der Waals surface area contributed by atoms with Crippen molar-refractivity contribution >= 4 is 52.8 Å². The van der Waals surface area contributed by atoms with Crippen LogP contribution in [0.4, 0.5) is 5.69 Å². The summed E-state index contributed by atoms with van der Waals surface area (Å²) in [5.74, 6) is 0.536. The van der Waals surface area contributed by atoms with Gasteiger partial charge in [0.25, 0.3) is 5.91 Å². The van der Waals surface area contributed by atoms with Crippen molar-refractivity contribution in [2.75, 3.05) is 44.7 Å². The molecular formula is C30H32Cl3N3O3. The average Bonchev–Trinajstić information content (AvgIpc) is 3.46. The van der Waals surface area contributed by atoms with Gasteiger partial charge in [-0.2, -0.15) is 0 Å².